The van der Waals surface area contributed by atoms with Crippen molar-refractivity contribution in [1.82, 2.24) is 51.8 Å². The molecule has 0 radical (unpaired) electrons. The molecule has 0 aliphatic carbocycles. The summed E-state index contributed by atoms with van der Waals surface area (Å²) in [6.45, 7) is 8.03. The van der Waals surface area contributed by atoms with Crippen LogP contribution in [0.25, 0.3) is 0 Å². The molecule has 2 aliphatic rings. The van der Waals surface area contributed by atoms with E-state index in [2.05, 4.69) is 47.5 Å². The molecule has 3 heterocycles. The number of aryl methyl sites for hydroxylation is 2. The van der Waals surface area contributed by atoms with Gasteiger partial charge in [0.15, 0.2) is 5.11 Å². The van der Waals surface area contributed by atoms with Gasteiger partial charge in [-0.2, -0.15) is 0 Å². The molecule has 1 saturated heterocycles. The fraction of sp³-hybridized carbons (Fsp3) is 0.640. The van der Waals surface area contributed by atoms with Crippen molar-refractivity contribution in [3.63, 3.8) is 0 Å². The smallest absolute Gasteiger partial charge is 0.325 e. The molecule has 1 unspecified atom stereocenters. The first-order valence-electron chi connectivity index (χ1n) is 26.8. The van der Waals surface area contributed by atoms with E-state index in [1.807, 2.05) is 0 Å². The molecular weight excluding hydrogens is 1120 g/mol. The topological polar surface area (TPSA) is 411 Å². The van der Waals surface area contributed by atoms with Crippen molar-refractivity contribution in [1.29, 1.82) is 0 Å². The van der Waals surface area contributed by atoms with Crippen molar-refractivity contribution in [2.24, 2.45) is 0 Å². The van der Waals surface area contributed by atoms with E-state index in [-0.39, 0.29) is 82.9 Å². The number of thiocarbonyl (C=S) groups is 1. The Hall–Kier alpha value is -6.09. The number of amides is 7. The van der Waals surface area contributed by atoms with Gasteiger partial charge in [-0.1, -0.05) is 5.21 Å². The Morgan fingerprint density at radius 3 is 1.91 bits per heavy atom. The number of nitrogens with zero attached hydrogens (tertiary/aromatic N) is 4. The summed E-state index contributed by atoms with van der Waals surface area (Å²) in [4.78, 5) is 105. The molecule has 1 aromatic carbocycles. The van der Waals surface area contributed by atoms with E-state index in [1.165, 1.54) is 32.9 Å². The van der Waals surface area contributed by atoms with Crippen molar-refractivity contribution in [3.05, 3.63) is 48.3 Å². The number of carbonyl (C=O) groups is 7. The van der Waals surface area contributed by atoms with Crippen LogP contribution in [0, 0.1) is 0 Å². The maximum Gasteiger partial charge on any atom is 0.325 e. The normalized spacial score (nSPS) is 19.0. The van der Waals surface area contributed by atoms with Gasteiger partial charge in [0.1, 0.15) is 42.2 Å². The predicted molar refractivity (Wildman–Crippen MR) is 294 cm³/mol. The monoisotopic (exact) mass is 1200 g/mol. The van der Waals surface area contributed by atoms with E-state index in [0.29, 0.717) is 63.2 Å². The number of ether oxygens (including phenoxy) is 6. The molecule has 2 aliphatic heterocycles. The molecule has 4 rings (SSSR count). The summed E-state index contributed by atoms with van der Waals surface area (Å²) < 4.78 is 45.8. The van der Waals surface area contributed by atoms with Gasteiger partial charge in [0, 0.05) is 69.6 Å². The molecule has 82 heavy (non-hydrogen) atoms. The molecule has 0 bridgehead atoms. The number of benzene rings is 1. The fourth-order valence-electron chi connectivity index (χ4n) is 7.63. The van der Waals surface area contributed by atoms with E-state index in [4.69, 9.17) is 40.6 Å². The van der Waals surface area contributed by atoms with Crippen molar-refractivity contribution in [2.45, 2.75) is 121 Å². The first-order chi connectivity index (χ1) is 39.1. The van der Waals surface area contributed by atoms with Gasteiger partial charge >= 0.3 is 7.60 Å². The highest BCUT2D eigenvalue weighted by molar-refractivity contribution is 7.80. The highest BCUT2D eigenvalue weighted by Crippen LogP contribution is 2.37. The molecule has 30 nitrogen and oxygen atoms in total. The lowest BCUT2D eigenvalue weighted by molar-refractivity contribution is -0.272. The third-order valence-corrected chi connectivity index (χ3v) is 13.3. The van der Waals surface area contributed by atoms with Gasteiger partial charge in [0.2, 0.25) is 35.8 Å². The zero-order valence-corrected chi connectivity index (χ0v) is 47.8. The standard InChI is InChI=1S/C50H78N11O19PS/c1-32(46(69)52-19-23-76-25-27-78-29-28-77-26-24-75-22-15-39(62)51-18-21-61-41(64)13-14-42(61)65)55-48(71)34(3)56-47(70)33(2)54-40(63)8-6-20-60-31-36(58-59-60)7-4-5-17-53-50(82)57-35-9-11-37(12-10-35)79-49-45(68)44(67)43(66)38(80-49)16-30-81(72,73)74/h9-14,31-34,38,43-45,49,66-68H,4-8,15-30H2,1-3H3,(H,51,62)(H,52,69)(H,54,63)(H,55,71)(H,56,70)(H2,53,57,82)(H2,72,73,74)/t32-,33-,34-,38+,43+,44-,45-,49?/m0/s1. The van der Waals surface area contributed by atoms with Crippen LogP contribution in [0.4, 0.5) is 5.69 Å². The van der Waals surface area contributed by atoms with Gasteiger partial charge in [-0.25, -0.2) is 0 Å². The molecule has 2 aromatic rings. The zero-order chi connectivity index (χ0) is 60.0. The highest BCUT2D eigenvalue weighted by atomic mass is 32.1. The van der Waals surface area contributed by atoms with Crippen LogP contribution in [0.2, 0.25) is 0 Å². The summed E-state index contributed by atoms with van der Waals surface area (Å²) >= 11 is 5.40. The lowest BCUT2D eigenvalue weighted by Gasteiger charge is -2.40. The van der Waals surface area contributed by atoms with Gasteiger partial charge in [-0.15, -0.1) is 5.10 Å². The highest BCUT2D eigenvalue weighted by Gasteiger charge is 2.45. The fourth-order valence-corrected chi connectivity index (χ4v) is 8.44. The van der Waals surface area contributed by atoms with Crippen LogP contribution in [0.5, 0.6) is 5.75 Å². The van der Waals surface area contributed by atoms with Gasteiger partial charge in [0.05, 0.1) is 70.8 Å². The number of hydrogen-bond acceptors (Lipinski definition) is 20. The lowest BCUT2D eigenvalue weighted by Crippen LogP contribution is -2.59. The number of aliphatic hydroxyl groups is 3. The van der Waals surface area contributed by atoms with E-state index in [1.54, 1.807) is 35.1 Å². The molecular formula is C50H78N11O19PS. The summed E-state index contributed by atoms with van der Waals surface area (Å²) in [6, 6.07) is 3.57. The SMILES string of the molecule is C[C@H](NC(=O)CCCn1cc(CCCCNC(=S)Nc2ccc(OC3O[C@H](CCP(=O)(O)O)[C@@H](O)[C@H](O)[C@@H]3O)cc2)nn1)C(=O)N[C@@H](C)C(=O)N[C@@H](C)C(=O)NCCOCCOCCOCCOCCC(=O)NCCN1C(=O)C=CC1=O. The number of carbonyl (C=O) groups excluding carboxylic acids is 7. The largest absolute Gasteiger partial charge is 0.462 e. The van der Waals surface area contributed by atoms with Gasteiger partial charge in [0.25, 0.3) is 11.8 Å². The molecule has 8 atom stereocenters. The minimum absolute atomic E-state index is 0.101. The molecule has 7 amide bonds. The molecule has 458 valence electrons. The summed E-state index contributed by atoms with van der Waals surface area (Å²) in [5, 5.41) is 58.7. The van der Waals surface area contributed by atoms with E-state index in [0.717, 1.165) is 23.4 Å². The summed E-state index contributed by atoms with van der Waals surface area (Å²) in [5.41, 5.74) is 1.39. The Balaban J connectivity index is 0.944. The van der Waals surface area contributed by atoms with Crippen molar-refractivity contribution in [3.8, 4) is 5.75 Å². The minimum atomic E-state index is -4.39. The molecule has 0 spiro atoms. The van der Waals surface area contributed by atoms with Crippen LogP contribution in [-0.2, 0) is 74.8 Å². The van der Waals surface area contributed by atoms with Crippen LogP contribution >= 0.6 is 19.8 Å². The van der Waals surface area contributed by atoms with E-state index in [9.17, 15) is 63.2 Å². The maximum atomic E-state index is 12.8. The molecule has 32 heteroatoms. The van der Waals surface area contributed by atoms with Crippen LogP contribution in [0.1, 0.15) is 65.0 Å². The Kier molecular flexibility index (Phi) is 30.4. The summed E-state index contributed by atoms with van der Waals surface area (Å²) in [6.07, 6.45) is -1.27. The quantitative estimate of drug-likeness (QED) is 0.0140. The maximum absolute atomic E-state index is 12.8. The summed E-state index contributed by atoms with van der Waals surface area (Å²) in [7, 11) is -4.39. The Morgan fingerprint density at radius 1 is 0.683 bits per heavy atom. The third kappa shape index (κ3) is 26.4. The average molecular weight is 1200 g/mol. The summed E-state index contributed by atoms with van der Waals surface area (Å²) in [5.74, 6) is -2.82. The molecule has 0 saturated carbocycles. The van der Waals surface area contributed by atoms with Crippen molar-refractivity contribution >= 4 is 72.0 Å². The number of aromatic nitrogens is 3. The van der Waals surface area contributed by atoms with Crippen LogP contribution in [0.3, 0.4) is 0 Å². The van der Waals surface area contributed by atoms with Crippen LogP contribution in [-0.4, -0.2) is 225 Å². The number of aliphatic hydroxyl groups excluding tert-OH is 3. The first-order valence-corrected chi connectivity index (χ1v) is 29.0. The predicted octanol–water partition coefficient (Wildman–Crippen LogP) is -2.75. The first kappa shape index (κ1) is 68.4. The van der Waals surface area contributed by atoms with Crippen molar-refractivity contribution < 1.29 is 91.7 Å². The molecule has 12 N–H and O–H groups in total. The zero-order valence-electron chi connectivity index (χ0n) is 46.1. The number of hydrogen-bond donors (Lipinski definition) is 12. The molecule has 1 aromatic heterocycles. The second-order valence-electron chi connectivity index (χ2n) is 19.0. The van der Waals surface area contributed by atoms with Gasteiger partial charge in [-0.05, 0) is 89.4 Å². The van der Waals surface area contributed by atoms with Gasteiger partial charge in [-0.3, -0.25) is 47.7 Å². The third-order valence-electron chi connectivity index (χ3n) is 12.2. The van der Waals surface area contributed by atoms with E-state index < -0.39 is 92.1 Å². The van der Waals surface area contributed by atoms with E-state index >= 15 is 0 Å². The number of imide groups is 1. The van der Waals surface area contributed by atoms with Crippen LogP contribution in [0.15, 0.2) is 42.6 Å². The Bertz CT molecular complexity index is 2440. The Morgan fingerprint density at radius 2 is 1.28 bits per heavy atom. The van der Waals surface area contributed by atoms with Crippen molar-refractivity contribution in [2.75, 3.05) is 90.5 Å². The second kappa shape index (κ2) is 36.5. The minimum Gasteiger partial charge on any atom is -0.462 e. The van der Waals surface area contributed by atoms with Gasteiger partial charge < -0.3 is 90.7 Å². The number of unbranched alkanes of at least 4 members (excludes halogenated alkanes) is 1. The number of anilines is 1. The molecule has 1 fully saturated rings. The number of nitrogens with one attached hydrogen (secondary N) is 7. The number of rotatable bonds is 39. The second-order valence-corrected chi connectivity index (χ2v) is 21.2. The Labute approximate surface area is 479 Å². The average Bonchev–Trinajstić information content (AvgIpc) is 4.19. The van der Waals surface area contributed by atoms with Crippen LogP contribution < -0.4 is 42.0 Å². The lowest BCUT2D eigenvalue weighted by atomic mass is 9.97.